The summed E-state index contributed by atoms with van der Waals surface area (Å²) in [5.74, 6) is -1.63. The minimum absolute atomic E-state index is 0.218. The number of imide groups is 1. The van der Waals surface area contributed by atoms with E-state index in [0.29, 0.717) is 6.54 Å². The molecule has 0 radical (unpaired) electrons. The van der Waals surface area contributed by atoms with Crippen LogP contribution in [0.25, 0.3) is 0 Å². The molecule has 4 N–H and O–H groups in total. The van der Waals surface area contributed by atoms with Crippen LogP contribution in [-0.4, -0.2) is 42.1 Å². The monoisotopic (exact) mass is 217 g/mol. The summed E-state index contributed by atoms with van der Waals surface area (Å²) >= 11 is 0. The molecule has 0 spiro atoms. The van der Waals surface area contributed by atoms with E-state index in [1.807, 2.05) is 5.32 Å². The molecular formula is C8H15N3O4. The average molecular weight is 217 g/mol. The summed E-state index contributed by atoms with van der Waals surface area (Å²) in [5.41, 5.74) is 0. The first-order valence-electron chi connectivity index (χ1n) is 4.51. The van der Waals surface area contributed by atoms with Crippen LogP contribution >= 0.6 is 0 Å². The molecule has 0 saturated carbocycles. The third-order valence-corrected chi connectivity index (χ3v) is 1.53. The number of hydrogen-bond acceptors (Lipinski definition) is 4. The van der Waals surface area contributed by atoms with E-state index < -0.39 is 23.9 Å². The molecule has 0 aromatic rings. The van der Waals surface area contributed by atoms with Crippen molar-refractivity contribution in [3.63, 3.8) is 0 Å². The Hall–Kier alpha value is -1.63. The highest BCUT2D eigenvalue weighted by molar-refractivity contribution is 5.95. The van der Waals surface area contributed by atoms with Crippen LogP contribution < -0.4 is 16.0 Å². The zero-order chi connectivity index (χ0) is 11.8. The molecule has 0 aliphatic rings. The van der Waals surface area contributed by atoms with E-state index in [4.69, 9.17) is 5.11 Å². The van der Waals surface area contributed by atoms with Gasteiger partial charge in [-0.1, -0.05) is 0 Å². The van der Waals surface area contributed by atoms with E-state index in [2.05, 4.69) is 10.6 Å². The Bertz CT molecular complexity index is 254. The fourth-order valence-corrected chi connectivity index (χ4v) is 0.709. The van der Waals surface area contributed by atoms with Crippen LogP contribution in [0.5, 0.6) is 0 Å². The Morgan fingerprint density at radius 3 is 2.40 bits per heavy atom. The number of carboxylic acids is 1. The van der Waals surface area contributed by atoms with E-state index in [1.54, 1.807) is 6.92 Å². The number of hydrogen-bond donors (Lipinski definition) is 4. The molecule has 7 heteroatoms. The Balaban J connectivity index is 3.75. The molecule has 0 aromatic carbocycles. The number of urea groups is 1. The van der Waals surface area contributed by atoms with E-state index in [9.17, 15) is 14.4 Å². The molecule has 86 valence electrons. The van der Waals surface area contributed by atoms with Gasteiger partial charge in [0.1, 0.15) is 6.04 Å². The predicted molar refractivity (Wildman–Crippen MR) is 52.3 cm³/mol. The number of carbonyl (C=O) groups is 3. The van der Waals surface area contributed by atoms with Crippen molar-refractivity contribution >= 4 is 17.9 Å². The highest BCUT2D eigenvalue weighted by Gasteiger charge is 2.12. The molecule has 0 fully saturated rings. The van der Waals surface area contributed by atoms with Gasteiger partial charge in [-0.2, -0.15) is 0 Å². The number of rotatable bonds is 5. The Labute approximate surface area is 87.2 Å². The quantitative estimate of drug-likeness (QED) is 0.467. The second-order valence-electron chi connectivity index (χ2n) is 2.85. The first kappa shape index (κ1) is 13.4. The molecule has 1 atom stereocenters. The Kier molecular flexibility index (Phi) is 6.03. The zero-order valence-corrected chi connectivity index (χ0v) is 8.66. The zero-order valence-electron chi connectivity index (χ0n) is 8.66. The lowest BCUT2D eigenvalue weighted by atomic mass is 10.3. The summed E-state index contributed by atoms with van der Waals surface area (Å²) in [6, 6.07) is -1.42. The fraction of sp³-hybridized carbons (Fsp3) is 0.625. The summed E-state index contributed by atoms with van der Waals surface area (Å²) in [6.07, 6.45) is 0. The second kappa shape index (κ2) is 6.77. The van der Waals surface area contributed by atoms with Gasteiger partial charge in [-0.05, 0) is 13.8 Å². The van der Waals surface area contributed by atoms with Crippen molar-refractivity contribution in [1.82, 2.24) is 16.0 Å². The third kappa shape index (κ3) is 6.44. The average Bonchev–Trinajstić information content (AvgIpc) is 2.14. The largest absolute Gasteiger partial charge is 0.480 e. The van der Waals surface area contributed by atoms with Gasteiger partial charge in [-0.25, -0.2) is 4.79 Å². The van der Waals surface area contributed by atoms with Crippen LogP contribution in [0.15, 0.2) is 0 Å². The number of carboxylic acid groups (broad SMARTS) is 1. The van der Waals surface area contributed by atoms with Crippen molar-refractivity contribution in [3.05, 3.63) is 0 Å². The molecule has 0 heterocycles. The van der Waals surface area contributed by atoms with Crippen molar-refractivity contribution in [2.45, 2.75) is 19.9 Å². The number of aliphatic carboxylic acids is 1. The maximum absolute atomic E-state index is 11.0. The second-order valence-corrected chi connectivity index (χ2v) is 2.85. The minimum Gasteiger partial charge on any atom is -0.480 e. The van der Waals surface area contributed by atoms with E-state index in [1.165, 1.54) is 6.92 Å². The molecule has 0 rings (SSSR count). The van der Waals surface area contributed by atoms with Gasteiger partial charge in [0.25, 0.3) is 0 Å². The SMILES string of the molecule is CCNC(=O)NC(=O)CN[C@@H](C)C(=O)O. The molecular weight excluding hydrogens is 202 g/mol. The summed E-state index contributed by atoms with van der Waals surface area (Å²) in [5, 5.41) is 15.3. The van der Waals surface area contributed by atoms with Gasteiger partial charge in [0.05, 0.1) is 6.54 Å². The van der Waals surface area contributed by atoms with Gasteiger partial charge in [0.15, 0.2) is 0 Å². The van der Waals surface area contributed by atoms with Crippen LogP contribution in [0.3, 0.4) is 0 Å². The maximum Gasteiger partial charge on any atom is 0.321 e. The molecule has 0 aliphatic heterocycles. The number of amides is 3. The highest BCUT2D eigenvalue weighted by atomic mass is 16.4. The van der Waals surface area contributed by atoms with Gasteiger partial charge < -0.3 is 10.4 Å². The van der Waals surface area contributed by atoms with Gasteiger partial charge in [-0.15, -0.1) is 0 Å². The van der Waals surface area contributed by atoms with Crippen molar-refractivity contribution < 1.29 is 19.5 Å². The molecule has 15 heavy (non-hydrogen) atoms. The molecule has 0 aliphatic carbocycles. The van der Waals surface area contributed by atoms with Crippen molar-refractivity contribution in [2.24, 2.45) is 0 Å². The van der Waals surface area contributed by atoms with Crippen LogP contribution in [0.1, 0.15) is 13.8 Å². The van der Waals surface area contributed by atoms with Gasteiger partial charge >= 0.3 is 12.0 Å². The topological polar surface area (TPSA) is 108 Å². The Morgan fingerprint density at radius 2 is 1.93 bits per heavy atom. The lowest BCUT2D eigenvalue weighted by Gasteiger charge is -2.08. The molecule has 0 bridgehead atoms. The summed E-state index contributed by atoms with van der Waals surface area (Å²) in [6.45, 7) is 3.32. The standard InChI is InChI=1S/C8H15N3O4/c1-3-9-8(15)11-6(12)4-10-5(2)7(13)14/h5,10H,3-4H2,1-2H3,(H,13,14)(H2,9,11,12,15)/t5-/m0/s1. The molecule has 0 saturated heterocycles. The minimum atomic E-state index is -1.05. The first-order chi connectivity index (χ1) is 6.97. The number of nitrogens with one attached hydrogen (secondary N) is 3. The maximum atomic E-state index is 11.0. The van der Waals surface area contributed by atoms with Crippen molar-refractivity contribution in [1.29, 1.82) is 0 Å². The van der Waals surface area contributed by atoms with Gasteiger partial charge in [0, 0.05) is 6.54 Å². The molecule has 0 unspecified atom stereocenters. The van der Waals surface area contributed by atoms with Crippen LogP contribution in [-0.2, 0) is 9.59 Å². The number of carbonyl (C=O) groups excluding carboxylic acids is 2. The van der Waals surface area contributed by atoms with Crippen LogP contribution in [0.4, 0.5) is 4.79 Å². The summed E-state index contributed by atoms with van der Waals surface area (Å²) < 4.78 is 0. The molecule has 7 nitrogen and oxygen atoms in total. The Morgan fingerprint density at radius 1 is 1.33 bits per heavy atom. The summed E-state index contributed by atoms with van der Waals surface area (Å²) in [7, 11) is 0. The molecule has 0 aromatic heterocycles. The van der Waals surface area contributed by atoms with Crippen molar-refractivity contribution in [3.8, 4) is 0 Å². The van der Waals surface area contributed by atoms with E-state index >= 15 is 0 Å². The van der Waals surface area contributed by atoms with Crippen LogP contribution in [0, 0.1) is 0 Å². The van der Waals surface area contributed by atoms with E-state index in [0.717, 1.165) is 0 Å². The lowest BCUT2D eigenvalue weighted by molar-refractivity contribution is -0.139. The third-order valence-electron chi connectivity index (χ3n) is 1.53. The van der Waals surface area contributed by atoms with E-state index in [-0.39, 0.29) is 6.54 Å². The van der Waals surface area contributed by atoms with Gasteiger partial charge in [0.2, 0.25) is 5.91 Å². The predicted octanol–water partition coefficient (Wildman–Crippen LogP) is -1.11. The van der Waals surface area contributed by atoms with Gasteiger partial charge in [-0.3, -0.25) is 20.2 Å². The fourth-order valence-electron chi connectivity index (χ4n) is 0.709. The summed E-state index contributed by atoms with van der Waals surface area (Å²) in [4.78, 5) is 32.2. The lowest BCUT2D eigenvalue weighted by Crippen LogP contribution is -2.46. The smallest absolute Gasteiger partial charge is 0.321 e. The highest BCUT2D eigenvalue weighted by Crippen LogP contribution is 1.79. The van der Waals surface area contributed by atoms with Crippen LogP contribution in [0.2, 0.25) is 0 Å². The van der Waals surface area contributed by atoms with Crippen molar-refractivity contribution in [2.75, 3.05) is 13.1 Å². The first-order valence-corrected chi connectivity index (χ1v) is 4.51. The molecule has 3 amide bonds. The normalized spacial score (nSPS) is 11.6.